The van der Waals surface area contributed by atoms with E-state index >= 15 is 0 Å². The Morgan fingerprint density at radius 3 is 2.62 bits per heavy atom. The Kier molecular flexibility index (Phi) is 5.29. The normalized spacial score (nSPS) is 11.9. The number of fused-ring (bicyclic) bond motifs is 1. The third-order valence-corrected chi connectivity index (χ3v) is 4.93. The van der Waals surface area contributed by atoms with Crippen molar-refractivity contribution in [3.8, 4) is 11.4 Å². The molecular weight excluding hydrogens is 362 g/mol. The minimum Gasteiger partial charge on any atom is -0.481 e. The number of imidazole rings is 1. The first-order valence-corrected chi connectivity index (χ1v) is 9.63. The molecule has 0 saturated carbocycles. The second-order valence-electron chi connectivity index (χ2n) is 6.96. The van der Waals surface area contributed by atoms with Crippen LogP contribution in [0.15, 0.2) is 79.1 Å². The molecule has 0 saturated heterocycles. The molecule has 4 rings (SSSR count). The van der Waals surface area contributed by atoms with Crippen LogP contribution in [0.4, 0.5) is 0 Å². The zero-order valence-electron chi connectivity index (χ0n) is 16.5. The number of aryl methyl sites for hydroxylation is 1. The highest BCUT2D eigenvalue weighted by molar-refractivity contribution is 5.84. The summed E-state index contributed by atoms with van der Waals surface area (Å²) in [4.78, 5) is 16.9. The first-order valence-electron chi connectivity index (χ1n) is 9.63. The average molecular weight is 385 g/mol. The summed E-state index contributed by atoms with van der Waals surface area (Å²) in [6.45, 7) is 4.13. The van der Waals surface area contributed by atoms with Gasteiger partial charge in [-0.3, -0.25) is 4.79 Å². The summed E-state index contributed by atoms with van der Waals surface area (Å²) in [7, 11) is 0. The van der Waals surface area contributed by atoms with E-state index in [2.05, 4.69) is 16.4 Å². The Balaban J connectivity index is 1.42. The standard InChI is InChI=1S/C24H23N3O2/c1-17(29-22-12-11-19-7-3-4-8-20(19)15-22)24(28)26-16-21-9-5-6-10-23(21)27-14-13-25-18(27)2/h3-15,17H,16H2,1-2H3,(H,26,28)/t17-/m0/s1. The topological polar surface area (TPSA) is 56.2 Å². The van der Waals surface area contributed by atoms with Gasteiger partial charge in [-0.1, -0.05) is 48.5 Å². The quantitative estimate of drug-likeness (QED) is 0.535. The van der Waals surface area contributed by atoms with Gasteiger partial charge < -0.3 is 14.6 Å². The second kappa shape index (κ2) is 8.19. The average Bonchev–Trinajstić information content (AvgIpc) is 3.17. The predicted octanol–water partition coefficient (Wildman–Crippen LogP) is 4.42. The summed E-state index contributed by atoms with van der Waals surface area (Å²) in [6, 6.07) is 21.9. The fourth-order valence-electron chi connectivity index (χ4n) is 3.35. The summed E-state index contributed by atoms with van der Waals surface area (Å²) in [5.74, 6) is 1.42. The van der Waals surface area contributed by atoms with Gasteiger partial charge in [0.15, 0.2) is 6.10 Å². The third kappa shape index (κ3) is 4.14. The maximum Gasteiger partial charge on any atom is 0.261 e. The van der Waals surface area contributed by atoms with Gasteiger partial charge in [0.25, 0.3) is 5.91 Å². The van der Waals surface area contributed by atoms with Crippen LogP contribution in [0.1, 0.15) is 18.3 Å². The molecule has 5 nitrogen and oxygen atoms in total. The van der Waals surface area contributed by atoms with Crippen molar-refractivity contribution in [1.82, 2.24) is 14.9 Å². The van der Waals surface area contributed by atoms with Crippen molar-refractivity contribution < 1.29 is 9.53 Å². The van der Waals surface area contributed by atoms with Crippen molar-refractivity contribution in [2.75, 3.05) is 0 Å². The molecule has 1 atom stereocenters. The van der Waals surface area contributed by atoms with Crippen molar-refractivity contribution in [3.63, 3.8) is 0 Å². The van der Waals surface area contributed by atoms with Crippen LogP contribution in [0, 0.1) is 6.92 Å². The number of amides is 1. The molecular formula is C24H23N3O2. The van der Waals surface area contributed by atoms with Crippen molar-refractivity contribution in [3.05, 3.63) is 90.5 Å². The van der Waals surface area contributed by atoms with E-state index in [1.165, 1.54) is 0 Å². The lowest BCUT2D eigenvalue weighted by Gasteiger charge is -2.17. The zero-order chi connectivity index (χ0) is 20.2. The lowest BCUT2D eigenvalue weighted by molar-refractivity contribution is -0.127. The van der Waals surface area contributed by atoms with E-state index in [0.29, 0.717) is 12.3 Å². The molecule has 5 heteroatoms. The molecule has 1 N–H and O–H groups in total. The molecule has 29 heavy (non-hydrogen) atoms. The summed E-state index contributed by atoms with van der Waals surface area (Å²) < 4.78 is 7.88. The molecule has 4 aromatic rings. The Hall–Kier alpha value is -3.60. The van der Waals surface area contributed by atoms with E-state index < -0.39 is 6.10 Å². The number of hydrogen-bond acceptors (Lipinski definition) is 3. The second-order valence-corrected chi connectivity index (χ2v) is 6.96. The molecule has 1 aromatic heterocycles. The van der Waals surface area contributed by atoms with Crippen LogP contribution in [0.25, 0.3) is 16.5 Å². The van der Waals surface area contributed by atoms with E-state index in [1.807, 2.05) is 78.4 Å². The number of rotatable bonds is 6. The minimum atomic E-state index is -0.599. The van der Waals surface area contributed by atoms with Gasteiger partial charge in [0.1, 0.15) is 11.6 Å². The highest BCUT2D eigenvalue weighted by Crippen LogP contribution is 2.21. The molecule has 0 fully saturated rings. The predicted molar refractivity (Wildman–Crippen MR) is 114 cm³/mol. The molecule has 0 aliphatic carbocycles. The van der Waals surface area contributed by atoms with E-state index in [9.17, 15) is 4.79 Å². The molecule has 0 radical (unpaired) electrons. The Bertz CT molecular complexity index is 1150. The number of aromatic nitrogens is 2. The fourth-order valence-corrected chi connectivity index (χ4v) is 3.35. The van der Waals surface area contributed by atoms with Crippen LogP contribution < -0.4 is 10.1 Å². The molecule has 0 spiro atoms. The van der Waals surface area contributed by atoms with Gasteiger partial charge in [0, 0.05) is 18.9 Å². The molecule has 0 unspecified atom stereocenters. The smallest absolute Gasteiger partial charge is 0.261 e. The lowest BCUT2D eigenvalue weighted by atomic mass is 10.1. The Labute approximate surface area is 170 Å². The van der Waals surface area contributed by atoms with Gasteiger partial charge in [-0.15, -0.1) is 0 Å². The van der Waals surface area contributed by atoms with E-state index in [0.717, 1.165) is 27.8 Å². The Morgan fingerprint density at radius 1 is 1.07 bits per heavy atom. The van der Waals surface area contributed by atoms with E-state index in [4.69, 9.17) is 4.74 Å². The van der Waals surface area contributed by atoms with Crippen molar-refractivity contribution in [1.29, 1.82) is 0 Å². The zero-order valence-corrected chi connectivity index (χ0v) is 16.5. The molecule has 1 heterocycles. The van der Waals surface area contributed by atoms with Crippen molar-refractivity contribution in [2.24, 2.45) is 0 Å². The molecule has 146 valence electrons. The summed E-state index contributed by atoms with van der Waals surface area (Å²) >= 11 is 0. The highest BCUT2D eigenvalue weighted by Gasteiger charge is 2.15. The SMILES string of the molecule is Cc1nccn1-c1ccccc1CNC(=O)[C@H](C)Oc1ccc2ccccc2c1. The fraction of sp³-hybridized carbons (Fsp3) is 0.167. The maximum atomic E-state index is 12.6. The molecule has 0 aliphatic rings. The van der Waals surface area contributed by atoms with Crippen LogP contribution in [-0.2, 0) is 11.3 Å². The summed E-state index contributed by atoms with van der Waals surface area (Å²) in [5, 5.41) is 5.21. The van der Waals surface area contributed by atoms with E-state index in [-0.39, 0.29) is 5.91 Å². The lowest BCUT2D eigenvalue weighted by Crippen LogP contribution is -2.36. The van der Waals surface area contributed by atoms with Crippen LogP contribution >= 0.6 is 0 Å². The molecule has 0 bridgehead atoms. The number of benzene rings is 3. The van der Waals surface area contributed by atoms with Gasteiger partial charge in [0.05, 0.1) is 5.69 Å². The number of ether oxygens (including phenoxy) is 1. The number of para-hydroxylation sites is 1. The van der Waals surface area contributed by atoms with Gasteiger partial charge in [-0.25, -0.2) is 4.98 Å². The Morgan fingerprint density at radius 2 is 1.83 bits per heavy atom. The van der Waals surface area contributed by atoms with Crippen LogP contribution in [-0.4, -0.2) is 21.6 Å². The molecule has 3 aromatic carbocycles. The van der Waals surface area contributed by atoms with E-state index in [1.54, 1.807) is 13.1 Å². The molecule has 0 aliphatic heterocycles. The van der Waals surface area contributed by atoms with Gasteiger partial charge >= 0.3 is 0 Å². The van der Waals surface area contributed by atoms with Crippen molar-refractivity contribution >= 4 is 16.7 Å². The van der Waals surface area contributed by atoms with Crippen molar-refractivity contribution in [2.45, 2.75) is 26.5 Å². The van der Waals surface area contributed by atoms with Crippen LogP contribution in [0.3, 0.4) is 0 Å². The maximum absolute atomic E-state index is 12.6. The summed E-state index contributed by atoms with van der Waals surface area (Å²) in [5.41, 5.74) is 2.02. The number of carbonyl (C=O) groups excluding carboxylic acids is 1. The molecule has 1 amide bonds. The number of carbonyl (C=O) groups is 1. The van der Waals surface area contributed by atoms with Gasteiger partial charge in [0.2, 0.25) is 0 Å². The first kappa shape index (κ1) is 18.7. The van der Waals surface area contributed by atoms with Crippen LogP contribution in [0.5, 0.6) is 5.75 Å². The minimum absolute atomic E-state index is 0.157. The van der Waals surface area contributed by atoms with Gasteiger partial charge in [-0.05, 0) is 48.4 Å². The highest BCUT2D eigenvalue weighted by atomic mass is 16.5. The first-order chi connectivity index (χ1) is 14.1. The number of nitrogens with zero attached hydrogens (tertiary/aromatic N) is 2. The number of nitrogens with one attached hydrogen (secondary N) is 1. The van der Waals surface area contributed by atoms with Crippen LogP contribution in [0.2, 0.25) is 0 Å². The largest absolute Gasteiger partial charge is 0.481 e. The van der Waals surface area contributed by atoms with Gasteiger partial charge in [-0.2, -0.15) is 0 Å². The summed E-state index contributed by atoms with van der Waals surface area (Å²) in [6.07, 6.45) is 3.09. The third-order valence-electron chi connectivity index (χ3n) is 4.93. The monoisotopic (exact) mass is 385 g/mol. The number of hydrogen-bond donors (Lipinski definition) is 1.